The highest BCUT2D eigenvalue weighted by Crippen LogP contribution is 2.30. The molecular weight excluding hydrogens is 342 g/mol. The van der Waals surface area contributed by atoms with Crippen molar-refractivity contribution >= 4 is 34.4 Å². The number of hydrogen-bond donors (Lipinski definition) is 1. The van der Waals surface area contributed by atoms with Crippen LogP contribution in [0.1, 0.15) is 17.1 Å². The van der Waals surface area contributed by atoms with Crippen LogP contribution in [0.3, 0.4) is 0 Å². The van der Waals surface area contributed by atoms with Gasteiger partial charge in [-0.3, -0.25) is 0 Å². The summed E-state index contributed by atoms with van der Waals surface area (Å²) < 4.78 is 5.83. The minimum absolute atomic E-state index is 0.435. The van der Waals surface area contributed by atoms with Crippen molar-refractivity contribution in [2.24, 2.45) is 0 Å². The van der Waals surface area contributed by atoms with Gasteiger partial charge in [-0.05, 0) is 48.9 Å². The maximum absolute atomic E-state index is 9.54. The SMILES string of the molecule is Cc1ccc2nc(C(C#N)=Cc3ccc(Sc4ccccc4)o3)[nH]c2c1. The zero-order chi connectivity index (χ0) is 17.9. The number of nitrogens with one attached hydrogen (secondary N) is 1. The Morgan fingerprint density at radius 2 is 2.00 bits per heavy atom. The quantitative estimate of drug-likeness (QED) is 0.477. The van der Waals surface area contributed by atoms with Gasteiger partial charge in [0, 0.05) is 11.0 Å². The monoisotopic (exact) mass is 357 g/mol. The Morgan fingerprint density at radius 1 is 1.15 bits per heavy atom. The molecule has 5 heteroatoms. The van der Waals surface area contributed by atoms with Gasteiger partial charge in [-0.15, -0.1) is 0 Å². The molecule has 2 heterocycles. The number of benzene rings is 2. The van der Waals surface area contributed by atoms with Crippen LogP contribution in [0.4, 0.5) is 0 Å². The van der Waals surface area contributed by atoms with Crippen LogP contribution in [-0.4, -0.2) is 9.97 Å². The number of allylic oxidation sites excluding steroid dienone is 1. The van der Waals surface area contributed by atoms with Crippen molar-refractivity contribution in [1.82, 2.24) is 9.97 Å². The predicted octanol–water partition coefficient (Wildman–Crippen LogP) is 5.68. The number of H-pyrrole nitrogens is 1. The predicted molar refractivity (Wildman–Crippen MR) is 104 cm³/mol. The van der Waals surface area contributed by atoms with Crippen LogP contribution in [0.5, 0.6) is 0 Å². The lowest BCUT2D eigenvalue weighted by Crippen LogP contribution is -1.84. The van der Waals surface area contributed by atoms with Gasteiger partial charge in [-0.25, -0.2) is 4.98 Å². The lowest BCUT2D eigenvalue weighted by molar-refractivity contribution is 0.466. The minimum atomic E-state index is 0.435. The first-order chi connectivity index (χ1) is 12.7. The van der Waals surface area contributed by atoms with E-state index in [-0.39, 0.29) is 0 Å². The summed E-state index contributed by atoms with van der Waals surface area (Å²) in [7, 11) is 0. The molecule has 0 saturated heterocycles. The first kappa shape index (κ1) is 16.2. The zero-order valence-corrected chi connectivity index (χ0v) is 14.9. The molecule has 0 spiro atoms. The van der Waals surface area contributed by atoms with Crippen molar-refractivity contribution in [3.63, 3.8) is 0 Å². The molecular formula is C21H15N3OS. The van der Waals surface area contributed by atoms with Gasteiger partial charge in [-0.1, -0.05) is 36.0 Å². The lowest BCUT2D eigenvalue weighted by Gasteiger charge is -1.96. The molecule has 4 nitrogen and oxygen atoms in total. The summed E-state index contributed by atoms with van der Waals surface area (Å²) in [6.07, 6.45) is 1.71. The van der Waals surface area contributed by atoms with E-state index in [1.165, 1.54) is 0 Å². The number of aromatic amines is 1. The summed E-state index contributed by atoms with van der Waals surface area (Å²) in [6, 6.07) is 21.9. The van der Waals surface area contributed by atoms with E-state index in [0.29, 0.717) is 17.2 Å². The summed E-state index contributed by atoms with van der Waals surface area (Å²) in [6.45, 7) is 2.02. The molecule has 0 fully saturated rings. The second-order valence-electron chi connectivity index (χ2n) is 5.85. The van der Waals surface area contributed by atoms with E-state index < -0.39 is 0 Å². The second-order valence-corrected chi connectivity index (χ2v) is 6.93. The molecule has 0 radical (unpaired) electrons. The van der Waals surface area contributed by atoms with Crippen LogP contribution in [0.25, 0.3) is 22.7 Å². The second kappa shape index (κ2) is 6.95. The van der Waals surface area contributed by atoms with Crippen molar-refractivity contribution in [3.05, 3.63) is 77.8 Å². The van der Waals surface area contributed by atoms with Crippen molar-refractivity contribution < 1.29 is 4.42 Å². The van der Waals surface area contributed by atoms with Crippen LogP contribution in [0.15, 0.2) is 75.1 Å². The lowest BCUT2D eigenvalue weighted by atomic mass is 10.2. The van der Waals surface area contributed by atoms with E-state index in [4.69, 9.17) is 4.42 Å². The molecule has 0 aliphatic carbocycles. The summed E-state index contributed by atoms with van der Waals surface area (Å²) in [5.74, 6) is 1.17. The fourth-order valence-electron chi connectivity index (χ4n) is 2.62. The van der Waals surface area contributed by atoms with Gasteiger partial charge in [0.05, 0.1) is 16.6 Å². The number of hydrogen-bond acceptors (Lipinski definition) is 4. The highest BCUT2D eigenvalue weighted by Gasteiger charge is 2.10. The van der Waals surface area contributed by atoms with E-state index in [1.807, 2.05) is 67.6 Å². The number of rotatable bonds is 4. The molecule has 0 saturated carbocycles. The van der Waals surface area contributed by atoms with Gasteiger partial charge in [0.2, 0.25) is 0 Å². The number of furan rings is 1. The topological polar surface area (TPSA) is 65.6 Å². The van der Waals surface area contributed by atoms with Gasteiger partial charge < -0.3 is 9.40 Å². The van der Waals surface area contributed by atoms with Gasteiger partial charge in [0.25, 0.3) is 0 Å². The number of aryl methyl sites for hydroxylation is 1. The Kier molecular flexibility index (Phi) is 4.34. The standard InChI is InChI=1S/C21H15N3OS/c1-14-7-9-18-19(11-14)24-21(23-18)15(13-22)12-16-8-10-20(25-16)26-17-5-3-2-4-6-17/h2-12H,1H3,(H,23,24). The molecule has 4 rings (SSSR count). The van der Waals surface area contributed by atoms with Crippen molar-refractivity contribution in [1.29, 1.82) is 5.26 Å². The Labute approximate surface area is 155 Å². The highest BCUT2D eigenvalue weighted by atomic mass is 32.2. The maximum Gasteiger partial charge on any atom is 0.165 e. The molecule has 2 aromatic carbocycles. The summed E-state index contributed by atoms with van der Waals surface area (Å²) in [5, 5.41) is 10.3. The van der Waals surface area contributed by atoms with Crippen LogP contribution in [0, 0.1) is 18.3 Å². The fourth-order valence-corrected chi connectivity index (χ4v) is 3.42. The minimum Gasteiger partial charge on any atom is -0.450 e. The Morgan fingerprint density at radius 3 is 2.81 bits per heavy atom. The van der Waals surface area contributed by atoms with Gasteiger partial charge in [0.1, 0.15) is 17.7 Å². The van der Waals surface area contributed by atoms with Crippen molar-refractivity contribution in [3.8, 4) is 6.07 Å². The molecule has 0 aliphatic heterocycles. The van der Waals surface area contributed by atoms with Crippen LogP contribution in [-0.2, 0) is 0 Å². The molecule has 0 amide bonds. The number of imidazole rings is 1. The van der Waals surface area contributed by atoms with E-state index in [1.54, 1.807) is 17.8 Å². The molecule has 0 aliphatic rings. The van der Waals surface area contributed by atoms with Crippen molar-refractivity contribution in [2.75, 3.05) is 0 Å². The van der Waals surface area contributed by atoms with Gasteiger partial charge in [-0.2, -0.15) is 5.26 Å². The number of fused-ring (bicyclic) bond motifs is 1. The molecule has 4 aromatic rings. The van der Waals surface area contributed by atoms with E-state index in [9.17, 15) is 5.26 Å². The first-order valence-corrected chi connectivity index (χ1v) is 8.94. The Bertz CT molecular complexity index is 1130. The third-order valence-corrected chi connectivity index (χ3v) is 4.79. The average molecular weight is 357 g/mol. The highest BCUT2D eigenvalue weighted by molar-refractivity contribution is 7.99. The number of nitriles is 1. The third-order valence-electron chi connectivity index (χ3n) is 3.86. The summed E-state index contributed by atoms with van der Waals surface area (Å²) >= 11 is 1.54. The van der Waals surface area contributed by atoms with Gasteiger partial charge in [0.15, 0.2) is 5.09 Å². The molecule has 0 atom stereocenters. The largest absolute Gasteiger partial charge is 0.450 e. The first-order valence-electron chi connectivity index (χ1n) is 8.12. The molecule has 126 valence electrons. The average Bonchev–Trinajstić information content (AvgIpc) is 3.26. The van der Waals surface area contributed by atoms with Crippen LogP contribution >= 0.6 is 11.8 Å². The molecule has 0 unspecified atom stereocenters. The Hall–Kier alpha value is -3.23. The van der Waals surface area contributed by atoms with E-state index >= 15 is 0 Å². The molecule has 2 aromatic heterocycles. The molecule has 1 N–H and O–H groups in total. The Balaban J connectivity index is 1.62. The summed E-state index contributed by atoms with van der Waals surface area (Å²) in [4.78, 5) is 8.81. The third kappa shape index (κ3) is 3.41. The smallest absolute Gasteiger partial charge is 0.165 e. The normalized spacial score (nSPS) is 11.6. The summed E-state index contributed by atoms with van der Waals surface area (Å²) in [5.41, 5.74) is 3.33. The molecule has 26 heavy (non-hydrogen) atoms. The number of nitrogens with zero attached hydrogens (tertiary/aromatic N) is 2. The maximum atomic E-state index is 9.54. The van der Waals surface area contributed by atoms with E-state index in [2.05, 4.69) is 16.0 Å². The van der Waals surface area contributed by atoms with Crippen LogP contribution < -0.4 is 0 Å². The van der Waals surface area contributed by atoms with Crippen molar-refractivity contribution in [2.45, 2.75) is 16.9 Å². The van der Waals surface area contributed by atoms with Crippen LogP contribution in [0.2, 0.25) is 0 Å². The van der Waals surface area contributed by atoms with E-state index in [0.717, 1.165) is 26.6 Å². The van der Waals surface area contributed by atoms with Gasteiger partial charge >= 0.3 is 0 Å². The zero-order valence-electron chi connectivity index (χ0n) is 14.1. The number of aromatic nitrogens is 2. The fraction of sp³-hybridized carbons (Fsp3) is 0.0476. The molecule has 0 bridgehead atoms.